The van der Waals surface area contributed by atoms with Gasteiger partial charge in [0, 0.05) is 19.6 Å². The maximum absolute atomic E-state index is 9.35. The normalized spacial score (nSPS) is 18.4. The quantitative estimate of drug-likeness (QED) is 0.832. The summed E-state index contributed by atoms with van der Waals surface area (Å²) >= 11 is 0. The third kappa shape index (κ3) is 4.21. The first-order chi connectivity index (χ1) is 8.34. The molecule has 0 amide bonds. The number of rotatable bonds is 3. The second kappa shape index (κ2) is 6.42. The lowest BCUT2D eigenvalue weighted by molar-refractivity contribution is 0.324. The molecule has 1 aromatic rings. The van der Waals surface area contributed by atoms with Crippen molar-refractivity contribution in [1.29, 1.82) is 0 Å². The molecule has 0 radical (unpaired) electrons. The fourth-order valence-corrected chi connectivity index (χ4v) is 2.05. The van der Waals surface area contributed by atoms with Crippen LogP contribution in [0.4, 0.5) is 0 Å². The maximum Gasteiger partial charge on any atom is 0.116 e. The number of benzene rings is 1. The highest BCUT2D eigenvalue weighted by Gasteiger charge is 2.05. The first kappa shape index (κ1) is 12.1. The zero-order chi connectivity index (χ0) is 11.9. The molecule has 0 aromatic heterocycles. The number of nitrogens with one attached hydrogen (secondary N) is 1. The third-order valence-corrected chi connectivity index (χ3v) is 2.98. The Morgan fingerprint density at radius 2 is 2.24 bits per heavy atom. The second-order valence-electron chi connectivity index (χ2n) is 4.40. The largest absolute Gasteiger partial charge is 0.508 e. The first-order valence-electron chi connectivity index (χ1n) is 6.23. The summed E-state index contributed by atoms with van der Waals surface area (Å²) in [5.74, 6) is 0.325. The molecule has 1 aliphatic rings. The van der Waals surface area contributed by atoms with Gasteiger partial charge in [0.15, 0.2) is 0 Å². The number of phenolic OH excluding ortho intramolecular Hbond substituents is 1. The predicted octanol–water partition coefficient (Wildman–Crippen LogP) is 1.70. The summed E-state index contributed by atoms with van der Waals surface area (Å²) in [7, 11) is 0. The Morgan fingerprint density at radius 1 is 1.29 bits per heavy atom. The van der Waals surface area contributed by atoms with Crippen LogP contribution in [0.2, 0.25) is 0 Å². The summed E-state index contributed by atoms with van der Waals surface area (Å²) in [6.07, 6.45) is 5.46. The van der Waals surface area contributed by atoms with Crippen molar-refractivity contribution in [3.05, 3.63) is 35.9 Å². The first-order valence-corrected chi connectivity index (χ1v) is 6.23. The molecule has 0 saturated carbocycles. The van der Waals surface area contributed by atoms with E-state index in [4.69, 9.17) is 0 Å². The molecule has 0 unspecified atom stereocenters. The van der Waals surface area contributed by atoms with Crippen molar-refractivity contribution in [2.45, 2.75) is 6.42 Å². The summed E-state index contributed by atoms with van der Waals surface area (Å²) in [6, 6.07) is 7.34. The van der Waals surface area contributed by atoms with Gasteiger partial charge in [0.1, 0.15) is 5.75 Å². The Labute approximate surface area is 103 Å². The fourth-order valence-electron chi connectivity index (χ4n) is 2.05. The Morgan fingerprint density at radius 3 is 3.12 bits per heavy atom. The molecule has 1 aromatic carbocycles. The van der Waals surface area contributed by atoms with Crippen LogP contribution in [0, 0.1) is 0 Å². The van der Waals surface area contributed by atoms with E-state index < -0.39 is 0 Å². The highest BCUT2D eigenvalue weighted by atomic mass is 16.3. The monoisotopic (exact) mass is 232 g/mol. The summed E-state index contributed by atoms with van der Waals surface area (Å²) in [6.45, 7) is 5.48. The number of aromatic hydroxyl groups is 1. The van der Waals surface area contributed by atoms with Crippen LogP contribution in [0.1, 0.15) is 12.0 Å². The van der Waals surface area contributed by atoms with E-state index in [0.717, 1.165) is 38.3 Å². The average Bonchev–Trinajstić information content (AvgIpc) is 2.58. The molecule has 92 valence electrons. The molecule has 2 N–H and O–H groups in total. The Balaban J connectivity index is 1.84. The molecule has 1 saturated heterocycles. The van der Waals surface area contributed by atoms with Gasteiger partial charge in [0.25, 0.3) is 0 Å². The molecule has 1 aliphatic heterocycles. The van der Waals surface area contributed by atoms with Crippen molar-refractivity contribution < 1.29 is 5.11 Å². The Kier molecular flexibility index (Phi) is 4.59. The minimum atomic E-state index is 0.325. The van der Waals surface area contributed by atoms with E-state index in [-0.39, 0.29) is 0 Å². The van der Waals surface area contributed by atoms with E-state index in [1.807, 2.05) is 12.1 Å². The van der Waals surface area contributed by atoms with Crippen molar-refractivity contribution in [3.8, 4) is 5.75 Å². The van der Waals surface area contributed by atoms with E-state index in [9.17, 15) is 5.11 Å². The molecule has 0 spiro atoms. The third-order valence-electron chi connectivity index (χ3n) is 2.98. The lowest BCUT2D eigenvalue weighted by atomic mass is 10.2. The highest BCUT2D eigenvalue weighted by molar-refractivity contribution is 5.51. The number of hydrogen-bond acceptors (Lipinski definition) is 3. The summed E-state index contributed by atoms with van der Waals surface area (Å²) in [5, 5.41) is 12.7. The lowest BCUT2D eigenvalue weighted by Gasteiger charge is -2.16. The second-order valence-corrected chi connectivity index (χ2v) is 4.40. The standard InChI is InChI=1S/C14H20N2O/c17-14-6-1-4-13(12-14)5-2-9-16-10-3-7-15-8-11-16/h1-2,4-6,12,15,17H,3,7-11H2. The summed E-state index contributed by atoms with van der Waals surface area (Å²) < 4.78 is 0. The summed E-state index contributed by atoms with van der Waals surface area (Å²) in [5.41, 5.74) is 1.05. The molecule has 3 nitrogen and oxygen atoms in total. The van der Waals surface area contributed by atoms with Crippen molar-refractivity contribution in [2.75, 3.05) is 32.7 Å². The van der Waals surface area contributed by atoms with Crippen molar-refractivity contribution in [2.24, 2.45) is 0 Å². The van der Waals surface area contributed by atoms with Crippen molar-refractivity contribution >= 4 is 6.08 Å². The molecule has 0 atom stereocenters. The van der Waals surface area contributed by atoms with Gasteiger partial charge in [-0.2, -0.15) is 0 Å². The SMILES string of the molecule is Oc1cccc(C=CCN2CCCNCC2)c1. The van der Waals surface area contributed by atoms with Gasteiger partial charge in [-0.25, -0.2) is 0 Å². The van der Waals surface area contributed by atoms with Gasteiger partial charge in [-0.05, 0) is 37.2 Å². The predicted molar refractivity (Wildman–Crippen MR) is 71.1 cm³/mol. The maximum atomic E-state index is 9.35. The molecule has 0 aliphatic carbocycles. The van der Waals surface area contributed by atoms with E-state index in [0.29, 0.717) is 5.75 Å². The van der Waals surface area contributed by atoms with Crippen LogP contribution >= 0.6 is 0 Å². The molecular formula is C14H20N2O. The van der Waals surface area contributed by atoms with E-state index in [1.165, 1.54) is 6.42 Å². The van der Waals surface area contributed by atoms with Crippen LogP contribution < -0.4 is 5.32 Å². The smallest absolute Gasteiger partial charge is 0.116 e. The van der Waals surface area contributed by atoms with E-state index in [1.54, 1.807) is 12.1 Å². The average molecular weight is 232 g/mol. The zero-order valence-electron chi connectivity index (χ0n) is 10.1. The van der Waals surface area contributed by atoms with Crippen LogP contribution in [0.5, 0.6) is 5.75 Å². The Hall–Kier alpha value is -1.32. The minimum absolute atomic E-state index is 0.325. The van der Waals surface area contributed by atoms with Gasteiger partial charge in [0.2, 0.25) is 0 Å². The number of phenols is 1. The number of nitrogens with zero attached hydrogens (tertiary/aromatic N) is 1. The van der Waals surface area contributed by atoms with Crippen LogP contribution in [0.15, 0.2) is 30.3 Å². The zero-order valence-corrected chi connectivity index (χ0v) is 10.1. The van der Waals surface area contributed by atoms with Crippen LogP contribution in [-0.2, 0) is 0 Å². The van der Waals surface area contributed by atoms with Gasteiger partial charge >= 0.3 is 0 Å². The van der Waals surface area contributed by atoms with Crippen LogP contribution in [0.25, 0.3) is 6.08 Å². The molecule has 1 fully saturated rings. The van der Waals surface area contributed by atoms with Crippen molar-refractivity contribution in [1.82, 2.24) is 10.2 Å². The molecule has 1 heterocycles. The van der Waals surface area contributed by atoms with E-state index >= 15 is 0 Å². The van der Waals surface area contributed by atoms with Crippen LogP contribution in [-0.4, -0.2) is 42.7 Å². The van der Waals surface area contributed by atoms with Gasteiger partial charge in [-0.1, -0.05) is 24.3 Å². The lowest BCUT2D eigenvalue weighted by Crippen LogP contribution is -2.28. The summed E-state index contributed by atoms with van der Waals surface area (Å²) in [4.78, 5) is 2.44. The van der Waals surface area contributed by atoms with Crippen molar-refractivity contribution in [3.63, 3.8) is 0 Å². The Bertz CT molecular complexity index is 368. The molecular weight excluding hydrogens is 212 g/mol. The fraction of sp³-hybridized carbons (Fsp3) is 0.429. The molecule has 3 heteroatoms. The van der Waals surface area contributed by atoms with Gasteiger partial charge in [-0.3, -0.25) is 4.90 Å². The van der Waals surface area contributed by atoms with E-state index in [2.05, 4.69) is 22.4 Å². The molecule has 0 bridgehead atoms. The minimum Gasteiger partial charge on any atom is -0.508 e. The van der Waals surface area contributed by atoms with Gasteiger partial charge < -0.3 is 10.4 Å². The number of hydrogen-bond donors (Lipinski definition) is 2. The molecule has 2 rings (SSSR count). The topological polar surface area (TPSA) is 35.5 Å². The van der Waals surface area contributed by atoms with Gasteiger partial charge in [0.05, 0.1) is 0 Å². The molecule has 17 heavy (non-hydrogen) atoms. The van der Waals surface area contributed by atoms with Gasteiger partial charge in [-0.15, -0.1) is 0 Å². The highest BCUT2D eigenvalue weighted by Crippen LogP contribution is 2.12. The van der Waals surface area contributed by atoms with Crippen LogP contribution in [0.3, 0.4) is 0 Å².